The quantitative estimate of drug-likeness (QED) is 0.874. The van der Waals surface area contributed by atoms with Gasteiger partial charge in [-0.3, -0.25) is 0 Å². The maximum atomic E-state index is 12.4. The minimum Gasteiger partial charge on any atom is -0.495 e. The Kier molecular flexibility index (Phi) is 5.10. The van der Waals surface area contributed by atoms with Crippen molar-refractivity contribution >= 4 is 10.0 Å². The van der Waals surface area contributed by atoms with Crippen LogP contribution >= 0.6 is 0 Å². The summed E-state index contributed by atoms with van der Waals surface area (Å²) in [4.78, 5) is 7.95. The zero-order valence-corrected chi connectivity index (χ0v) is 13.6. The number of sulfonamides is 1. The average molecular weight is 321 g/mol. The van der Waals surface area contributed by atoms with Crippen molar-refractivity contribution < 1.29 is 13.2 Å². The van der Waals surface area contributed by atoms with Crippen molar-refractivity contribution in [3.05, 3.63) is 47.5 Å². The van der Waals surface area contributed by atoms with Crippen LogP contribution in [0.4, 0.5) is 0 Å². The summed E-state index contributed by atoms with van der Waals surface area (Å²) in [7, 11) is -2.17. The molecule has 2 rings (SSSR count). The average Bonchev–Trinajstić information content (AvgIpc) is 2.50. The molecule has 0 spiro atoms. The lowest BCUT2D eigenvalue weighted by molar-refractivity contribution is 0.402. The highest BCUT2D eigenvalue weighted by atomic mass is 32.2. The zero-order valence-electron chi connectivity index (χ0n) is 12.8. The van der Waals surface area contributed by atoms with Crippen LogP contribution < -0.4 is 9.46 Å². The van der Waals surface area contributed by atoms with Gasteiger partial charge in [-0.05, 0) is 49.1 Å². The number of nitrogens with zero attached hydrogens (tertiary/aromatic N) is 2. The Balaban J connectivity index is 2.15. The molecule has 2 aromatic rings. The lowest BCUT2D eigenvalue weighted by Gasteiger charge is -2.13. The molecule has 118 valence electrons. The van der Waals surface area contributed by atoms with Gasteiger partial charge in [-0.15, -0.1) is 0 Å². The summed E-state index contributed by atoms with van der Waals surface area (Å²) >= 11 is 0. The van der Waals surface area contributed by atoms with Crippen LogP contribution in [0.5, 0.6) is 5.75 Å². The van der Waals surface area contributed by atoms with Crippen molar-refractivity contribution in [3.8, 4) is 5.75 Å². The van der Waals surface area contributed by atoms with Crippen molar-refractivity contribution in [1.82, 2.24) is 14.7 Å². The monoisotopic (exact) mass is 321 g/mol. The van der Waals surface area contributed by atoms with Crippen LogP contribution in [-0.4, -0.2) is 32.0 Å². The first kappa shape index (κ1) is 16.4. The summed E-state index contributed by atoms with van der Waals surface area (Å²) in [5, 5.41) is 0. The van der Waals surface area contributed by atoms with Crippen LogP contribution in [-0.2, 0) is 16.4 Å². The molecule has 0 radical (unpaired) electrons. The van der Waals surface area contributed by atoms with Crippen LogP contribution in [0.15, 0.2) is 35.7 Å². The number of hydrogen-bond donors (Lipinski definition) is 1. The molecule has 0 amide bonds. The van der Waals surface area contributed by atoms with Crippen LogP contribution in [0.1, 0.15) is 16.7 Å². The van der Waals surface area contributed by atoms with Crippen LogP contribution in [0.2, 0.25) is 0 Å². The van der Waals surface area contributed by atoms with Gasteiger partial charge in [-0.25, -0.2) is 23.1 Å². The lowest BCUT2D eigenvalue weighted by atomic mass is 10.1. The van der Waals surface area contributed by atoms with Gasteiger partial charge >= 0.3 is 0 Å². The molecule has 0 atom stereocenters. The number of aromatic nitrogens is 2. The highest BCUT2D eigenvalue weighted by Gasteiger charge is 2.20. The Labute approximate surface area is 130 Å². The first-order valence-electron chi connectivity index (χ1n) is 6.83. The van der Waals surface area contributed by atoms with E-state index in [1.165, 1.54) is 13.4 Å². The third-order valence-electron chi connectivity index (χ3n) is 3.39. The minimum atomic E-state index is -3.63. The van der Waals surface area contributed by atoms with Gasteiger partial charge in [0.25, 0.3) is 0 Å². The number of nitrogens with one attached hydrogen (secondary N) is 1. The van der Waals surface area contributed by atoms with Crippen molar-refractivity contribution in [3.63, 3.8) is 0 Å². The molecule has 0 aliphatic heterocycles. The second-order valence-electron chi connectivity index (χ2n) is 4.98. The molecule has 0 saturated carbocycles. The molecule has 6 nitrogen and oxygen atoms in total. The normalized spacial score (nSPS) is 11.4. The zero-order chi connectivity index (χ0) is 16.2. The molecule has 1 aromatic heterocycles. The second kappa shape index (κ2) is 6.85. The summed E-state index contributed by atoms with van der Waals surface area (Å²) in [6, 6.07) is 3.36. The molecular weight excluding hydrogens is 302 g/mol. The van der Waals surface area contributed by atoms with E-state index in [0.29, 0.717) is 12.2 Å². The maximum Gasteiger partial charge on any atom is 0.244 e. The van der Waals surface area contributed by atoms with Gasteiger partial charge in [0.05, 0.1) is 7.11 Å². The number of rotatable bonds is 6. The van der Waals surface area contributed by atoms with Gasteiger partial charge in [0.1, 0.15) is 17.0 Å². The first-order valence-corrected chi connectivity index (χ1v) is 8.31. The smallest absolute Gasteiger partial charge is 0.244 e. The van der Waals surface area contributed by atoms with Gasteiger partial charge < -0.3 is 4.74 Å². The fraction of sp³-hybridized carbons (Fsp3) is 0.333. The van der Waals surface area contributed by atoms with Gasteiger partial charge in [0.2, 0.25) is 10.0 Å². The number of methoxy groups -OCH3 is 1. The molecule has 0 saturated heterocycles. The fourth-order valence-corrected chi connectivity index (χ4v) is 3.26. The van der Waals surface area contributed by atoms with Crippen molar-refractivity contribution in [2.24, 2.45) is 0 Å². The summed E-state index contributed by atoms with van der Waals surface area (Å²) in [5.41, 5.74) is 2.76. The highest BCUT2D eigenvalue weighted by molar-refractivity contribution is 7.89. The van der Waals surface area contributed by atoms with E-state index >= 15 is 0 Å². The lowest BCUT2D eigenvalue weighted by Crippen LogP contribution is -2.26. The van der Waals surface area contributed by atoms with Crippen molar-refractivity contribution in [1.29, 1.82) is 0 Å². The van der Waals surface area contributed by atoms with E-state index in [1.54, 1.807) is 24.5 Å². The number of hydrogen-bond acceptors (Lipinski definition) is 5. The van der Waals surface area contributed by atoms with Gasteiger partial charge in [0, 0.05) is 18.9 Å². The highest BCUT2D eigenvalue weighted by Crippen LogP contribution is 2.27. The molecule has 22 heavy (non-hydrogen) atoms. The fourth-order valence-electron chi connectivity index (χ4n) is 2.00. The molecule has 0 unspecified atom stereocenters. The minimum absolute atomic E-state index is 0.155. The van der Waals surface area contributed by atoms with Gasteiger partial charge in [-0.1, -0.05) is 0 Å². The predicted octanol–water partition coefficient (Wildman–Crippen LogP) is 1.62. The van der Waals surface area contributed by atoms with Gasteiger partial charge in [0.15, 0.2) is 0 Å². The van der Waals surface area contributed by atoms with E-state index < -0.39 is 10.0 Å². The van der Waals surface area contributed by atoms with Gasteiger partial charge in [-0.2, -0.15) is 0 Å². The number of benzene rings is 1. The van der Waals surface area contributed by atoms with E-state index in [1.807, 2.05) is 13.8 Å². The molecule has 0 aliphatic rings. The van der Waals surface area contributed by atoms with E-state index in [0.717, 1.165) is 16.7 Å². The second-order valence-corrected chi connectivity index (χ2v) is 6.72. The third kappa shape index (κ3) is 3.80. The van der Waals surface area contributed by atoms with E-state index in [9.17, 15) is 8.42 Å². The first-order chi connectivity index (χ1) is 10.4. The predicted molar refractivity (Wildman–Crippen MR) is 83.4 cm³/mol. The molecule has 7 heteroatoms. The summed E-state index contributed by atoms with van der Waals surface area (Å²) in [5.74, 6) is 0.346. The van der Waals surface area contributed by atoms with Crippen LogP contribution in [0.3, 0.4) is 0 Å². The summed E-state index contributed by atoms with van der Waals surface area (Å²) < 4.78 is 32.7. The summed E-state index contributed by atoms with van der Waals surface area (Å²) in [6.07, 6.45) is 5.29. The SMILES string of the molecule is COc1cc(C)c(C)cc1S(=O)(=O)NCCc1cncnc1. The number of aryl methyl sites for hydroxylation is 2. The molecular formula is C15H19N3O3S. The molecule has 0 fully saturated rings. The Bertz CT molecular complexity index is 746. The maximum absolute atomic E-state index is 12.4. The van der Waals surface area contributed by atoms with Crippen molar-refractivity contribution in [2.45, 2.75) is 25.2 Å². The topological polar surface area (TPSA) is 81.2 Å². The molecule has 1 N–H and O–H groups in total. The molecule has 0 aliphatic carbocycles. The largest absolute Gasteiger partial charge is 0.495 e. The Morgan fingerprint density at radius 1 is 1.14 bits per heavy atom. The Morgan fingerprint density at radius 3 is 2.41 bits per heavy atom. The number of ether oxygens (including phenoxy) is 1. The Morgan fingerprint density at radius 2 is 1.77 bits per heavy atom. The van der Waals surface area contributed by atoms with Crippen molar-refractivity contribution in [2.75, 3.05) is 13.7 Å². The molecule has 0 bridgehead atoms. The standard InChI is InChI=1S/C15H19N3O3S/c1-11-6-14(21-3)15(7-12(11)2)22(19,20)18-5-4-13-8-16-10-17-9-13/h6-10,18H,4-5H2,1-3H3. The molecule has 1 heterocycles. The summed E-state index contributed by atoms with van der Waals surface area (Å²) in [6.45, 7) is 4.05. The van der Waals surface area contributed by atoms with Crippen LogP contribution in [0.25, 0.3) is 0 Å². The van der Waals surface area contributed by atoms with E-state index in [2.05, 4.69) is 14.7 Å². The Hall–Kier alpha value is -1.99. The van der Waals surface area contributed by atoms with Crippen LogP contribution in [0, 0.1) is 13.8 Å². The van der Waals surface area contributed by atoms with E-state index in [-0.39, 0.29) is 11.4 Å². The molecule has 1 aromatic carbocycles. The van der Waals surface area contributed by atoms with E-state index in [4.69, 9.17) is 4.74 Å². The third-order valence-corrected chi connectivity index (χ3v) is 4.87.